The Balaban J connectivity index is 2.24. The number of nitrogens with two attached hydrogens (primary N) is 1. The first-order chi connectivity index (χ1) is 9.04. The van der Waals surface area contributed by atoms with Gasteiger partial charge in [0.05, 0.1) is 24.5 Å². The van der Waals surface area contributed by atoms with Gasteiger partial charge in [0.2, 0.25) is 0 Å². The van der Waals surface area contributed by atoms with Gasteiger partial charge in [-0.3, -0.25) is 0 Å². The van der Waals surface area contributed by atoms with Crippen LogP contribution in [0.15, 0.2) is 12.3 Å². The van der Waals surface area contributed by atoms with Crippen LogP contribution in [0.2, 0.25) is 0 Å². The molecule has 0 spiro atoms. The van der Waals surface area contributed by atoms with E-state index in [4.69, 9.17) is 5.73 Å². The number of hydrogen-bond acceptors (Lipinski definition) is 6. The molecule has 0 radical (unpaired) electrons. The molecule has 6 heteroatoms. The minimum atomic E-state index is -0.465. The van der Waals surface area contributed by atoms with Crippen LogP contribution in [-0.2, 0) is 4.74 Å². The number of nitrogen functional groups attached to an aromatic ring is 1. The summed E-state index contributed by atoms with van der Waals surface area (Å²) >= 11 is 0. The van der Waals surface area contributed by atoms with Gasteiger partial charge in [-0.2, -0.15) is 0 Å². The molecule has 0 aromatic carbocycles. The lowest BCUT2D eigenvalue weighted by molar-refractivity contribution is 0.0602. The second-order valence-electron chi connectivity index (χ2n) is 4.82. The lowest BCUT2D eigenvalue weighted by atomic mass is 10.0. The summed E-state index contributed by atoms with van der Waals surface area (Å²) < 4.78 is 4.69. The number of methoxy groups -OCH3 is 1. The first kappa shape index (κ1) is 13.6. The summed E-state index contributed by atoms with van der Waals surface area (Å²) in [6, 6.07) is 1.55. The number of aliphatic hydroxyl groups is 1. The predicted octanol–water partition coefficient (Wildman–Crippen LogP) is 0.657. The summed E-state index contributed by atoms with van der Waals surface area (Å²) in [5, 5.41) is 9.61. The van der Waals surface area contributed by atoms with E-state index in [1.165, 1.54) is 7.11 Å². The number of pyridine rings is 1. The fourth-order valence-corrected chi connectivity index (χ4v) is 2.38. The Morgan fingerprint density at radius 3 is 3.00 bits per heavy atom. The molecule has 1 aromatic heterocycles. The van der Waals surface area contributed by atoms with E-state index in [2.05, 4.69) is 9.72 Å². The monoisotopic (exact) mass is 265 g/mol. The second-order valence-corrected chi connectivity index (χ2v) is 4.82. The van der Waals surface area contributed by atoms with Crippen LogP contribution in [0.3, 0.4) is 0 Å². The van der Waals surface area contributed by atoms with E-state index >= 15 is 0 Å². The van der Waals surface area contributed by atoms with Crippen LogP contribution >= 0.6 is 0 Å². The van der Waals surface area contributed by atoms with Gasteiger partial charge in [0.15, 0.2) is 5.82 Å². The number of esters is 1. The molecule has 104 valence electrons. The lowest BCUT2D eigenvalue weighted by Crippen LogP contribution is -2.26. The Morgan fingerprint density at radius 2 is 2.42 bits per heavy atom. The summed E-state index contributed by atoms with van der Waals surface area (Å²) in [6.07, 6.45) is 2.09. The van der Waals surface area contributed by atoms with Crippen LogP contribution in [0.1, 0.15) is 23.7 Å². The number of anilines is 2. The van der Waals surface area contributed by atoms with Crippen molar-refractivity contribution in [1.29, 1.82) is 0 Å². The number of aliphatic hydroxyl groups excluding tert-OH is 1. The zero-order chi connectivity index (χ0) is 14.0. The molecule has 0 saturated carbocycles. The molecule has 19 heavy (non-hydrogen) atoms. The zero-order valence-electron chi connectivity index (χ0n) is 11.2. The van der Waals surface area contributed by atoms with Crippen molar-refractivity contribution in [3.05, 3.63) is 17.8 Å². The zero-order valence-corrected chi connectivity index (χ0v) is 11.2. The van der Waals surface area contributed by atoms with Crippen molar-refractivity contribution in [2.24, 2.45) is 5.92 Å². The van der Waals surface area contributed by atoms with Gasteiger partial charge in [-0.15, -0.1) is 0 Å². The molecular weight excluding hydrogens is 246 g/mol. The number of carbonyl (C=O) groups is 1. The van der Waals surface area contributed by atoms with Crippen molar-refractivity contribution in [1.82, 2.24) is 4.98 Å². The third-order valence-electron chi connectivity index (χ3n) is 3.58. The largest absolute Gasteiger partial charge is 0.465 e. The first-order valence-electron chi connectivity index (χ1n) is 6.30. The van der Waals surface area contributed by atoms with Crippen LogP contribution < -0.4 is 10.6 Å². The van der Waals surface area contributed by atoms with E-state index < -0.39 is 5.97 Å². The van der Waals surface area contributed by atoms with E-state index in [-0.39, 0.29) is 12.0 Å². The normalized spacial score (nSPS) is 20.4. The van der Waals surface area contributed by atoms with E-state index in [0.717, 1.165) is 13.0 Å². The molecule has 0 amide bonds. The number of ether oxygens (including phenoxy) is 1. The Morgan fingerprint density at radius 1 is 1.68 bits per heavy atom. The second kappa shape index (κ2) is 5.44. The van der Waals surface area contributed by atoms with Gasteiger partial charge in [-0.25, -0.2) is 9.78 Å². The molecule has 3 N–H and O–H groups in total. The topological polar surface area (TPSA) is 88.7 Å². The van der Waals surface area contributed by atoms with Gasteiger partial charge in [0.1, 0.15) is 0 Å². The van der Waals surface area contributed by atoms with E-state index in [1.807, 2.05) is 4.90 Å². The number of rotatable bonds is 3. The fraction of sp³-hybridized carbons (Fsp3) is 0.538. The molecule has 1 aliphatic rings. The van der Waals surface area contributed by atoms with Gasteiger partial charge in [-0.05, 0) is 19.4 Å². The Bertz CT molecular complexity index is 476. The van der Waals surface area contributed by atoms with E-state index in [1.54, 1.807) is 19.2 Å². The average Bonchev–Trinajstić information content (AvgIpc) is 2.87. The molecule has 2 atom stereocenters. The molecule has 6 nitrogen and oxygen atoms in total. The van der Waals surface area contributed by atoms with Crippen LogP contribution in [0, 0.1) is 5.92 Å². The highest BCUT2D eigenvalue weighted by molar-refractivity contribution is 5.97. The van der Waals surface area contributed by atoms with Gasteiger partial charge in [0.25, 0.3) is 0 Å². The molecular formula is C13H19N3O3. The maximum Gasteiger partial charge on any atom is 0.340 e. The third-order valence-corrected chi connectivity index (χ3v) is 3.58. The SMILES string of the molecule is COC(=O)c1ccnc(N2CCC(C(C)O)C2)c1N. The Labute approximate surface area is 112 Å². The maximum atomic E-state index is 11.6. The average molecular weight is 265 g/mol. The number of hydrogen-bond donors (Lipinski definition) is 2. The van der Waals surface area contributed by atoms with Gasteiger partial charge < -0.3 is 20.5 Å². The van der Waals surface area contributed by atoms with Crippen molar-refractivity contribution < 1.29 is 14.6 Å². The molecule has 0 bridgehead atoms. The molecule has 2 heterocycles. The summed E-state index contributed by atoms with van der Waals surface area (Å²) in [7, 11) is 1.32. The van der Waals surface area contributed by atoms with Crippen LogP contribution in [-0.4, -0.2) is 42.4 Å². The first-order valence-corrected chi connectivity index (χ1v) is 6.30. The molecule has 0 aliphatic carbocycles. The van der Waals surface area contributed by atoms with Crippen LogP contribution in [0.4, 0.5) is 11.5 Å². The highest BCUT2D eigenvalue weighted by Gasteiger charge is 2.28. The van der Waals surface area contributed by atoms with Gasteiger partial charge >= 0.3 is 5.97 Å². The number of aromatic nitrogens is 1. The molecule has 2 rings (SSSR count). The van der Waals surface area contributed by atoms with Crippen molar-refractivity contribution in [3.63, 3.8) is 0 Å². The third kappa shape index (κ3) is 2.63. The van der Waals surface area contributed by atoms with E-state index in [9.17, 15) is 9.90 Å². The summed E-state index contributed by atoms with van der Waals surface area (Å²) in [6.45, 7) is 3.26. The summed E-state index contributed by atoms with van der Waals surface area (Å²) in [5.74, 6) is 0.335. The van der Waals surface area contributed by atoms with E-state index in [0.29, 0.717) is 23.6 Å². The standard InChI is InChI=1S/C13H19N3O3/c1-8(17)9-4-6-16(7-9)12-11(14)10(3-5-15-12)13(18)19-2/h3,5,8-9,17H,4,6-7,14H2,1-2H3. The van der Waals surface area contributed by atoms with Gasteiger partial charge in [-0.1, -0.05) is 0 Å². The fourth-order valence-electron chi connectivity index (χ4n) is 2.38. The predicted molar refractivity (Wildman–Crippen MR) is 72.0 cm³/mol. The summed E-state index contributed by atoms with van der Waals surface area (Å²) in [5.41, 5.74) is 6.65. The highest BCUT2D eigenvalue weighted by atomic mass is 16.5. The lowest BCUT2D eigenvalue weighted by Gasteiger charge is -2.21. The quantitative estimate of drug-likeness (QED) is 0.780. The van der Waals surface area contributed by atoms with Crippen LogP contribution in [0.25, 0.3) is 0 Å². The minimum Gasteiger partial charge on any atom is -0.465 e. The van der Waals surface area contributed by atoms with Crippen molar-refractivity contribution in [2.45, 2.75) is 19.4 Å². The van der Waals surface area contributed by atoms with Crippen LogP contribution in [0.5, 0.6) is 0 Å². The molecule has 1 aromatic rings. The highest BCUT2D eigenvalue weighted by Crippen LogP contribution is 2.30. The molecule has 1 saturated heterocycles. The smallest absolute Gasteiger partial charge is 0.340 e. The summed E-state index contributed by atoms with van der Waals surface area (Å²) in [4.78, 5) is 17.8. The molecule has 1 fully saturated rings. The van der Waals surface area contributed by atoms with Crippen molar-refractivity contribution in [2.75, 3.05) is 30.8 Å². The van der Waals surface area contributed by atoms with Gasteiger partial charge in [0, 0.05) is 25.2 Å². The number of carbonyl (C=O) groups excluding carboxylic acids is 1. The molecule has 1 aliphatic heterocycles. The maximum absolute atomic E-state index is 11.6. The minimum absolute atomic E-state index is 0.211. The van der Waals surface area contributed by atoms with Crippen molar-refractivity contribution in [3.8, 4) is 0 Å². The molecule has 2 unspecified atom stereocenters. The Hall–Kier alpha value is -1.82. The number of nitrogens with zero attached hydrogens (tertiary/aromatic N) is 2. The Kier molecular flexibility index (Phi) is 3.90. The van der Waals surface area contributed by atoms with Crippen molar-refractivity contribution >= 4 is 17.5 Å².